The van der Waals surface area contributed by atoms with Crippen molar-refractivity contribution in [3.05, 3.63) is 36.9 Å². The van der Waals surface area contributed by atoms with Crippen molar-refractivity contribution in [1.29, 1.82) is 0 Å². The van der Waals surface area contributed by atoms with Gasteiger partial charge in [-0.3, -0.25) is 0 Å². The molecule has 0 atom stereocenters. The van der Waals surface area contributed by atoms with E-state index in [1.165, 1.54) is 12.7 Å². The number of anilines is 1. The molecule has 0 aliphatic rings. The van der Waals surface area contributed by atoms with Crippen LogP contribution in [0.1, 0.15) is 0 Å². The van der Waals surface area contributed by atoms with Gasteiger partial charge in [-0.25, -0.2) is 4.98 Å². The third kappa shape index (κ3) is 1.95. The molecule has 0 saturated carbocycles. The van der Waals surface area contributed by atoms with Crippen molar-refractivity contribution in [3.63, 3.8) is 0 Å². The third-order valence-electron chi connectivity index (χ3n) is 1.56. The van der Waals surface area contributed by atoms with E-state index in [0.717, 1.165) is 0 Å². The Morgan fingerprint density at radius 3 is 2.29 bits per heavy atom. The maximum absolute atomic E-state index is 5.52. The van der Waals surface area contributed by atoms with Crippen molar-refractivity contribution in [2.24, 2.45) is 0 Å². The predicted molar refractivity (Wildman–Crippen MR) is 50.8 cm³/mol. The number of ether oxygens (including phenoxy) is 1. The fourth-order valence-corrected chi connectivity index (χ4v) is 0.923. The number of benzene rings is 1. The number of nitrogens with two attached hydrogens (primary N) is 1. The molecule has 0 bridgehead atoms. The third-order valence-corrected chi connectivity index (χ3v) is 1.56. The van der Waals surface area contributed by atoms with Crippen molar-refractivity contribution in [1.82, 2.24) is 15.0 Å². The molecule has 0 amide bonds. The summed E-state index contributed by atoms with van der Waals surface area (Å²) < 4.78 is 5.32. The molecule has 0 radical (unpaired) electrons. The Labute approximate surface area is 80.6 Å². The van der Waals surface area contributed by atoms with E-state index in [2.05, 4.69) is 15.0 Å². The standard InChI is InChI=1S/C9H8N4O/c10-7-1-3-8(4-2-7)14-9-12-5-11-6-13-9/h1-6H,10H2. The minimum absolute atomic E-state index is 0.268. The zero-order valence-electron chi connectivity index (χ0n) is 7.29. The van der Waals surface area contributed by atoms with Gasteiger partial charge >= 0.3 is 6.01 Å². The highest BCUT2D eigenvalue weighted by Gasteiger charge is 1.97. The van der Waals surface area contributed by atoms with Crippen molar-refractivity contribution in [2.45, 2.75) is 0 Å². The zero-order chi connectivity index (χ0) is 9.80. The van der Waals surface area contributed by atoms with Crippen LogP contribution in [0.15, 0.2) is 36.9 Å². The Balaban J connectivity index is 2.16. The van der Waals surface area contributed by atoms with Gasteiger partial charge in [0.15, 0.2) is 0 Å². The Kier molecular flexibility index (Phi) is 2.22. The molecular weight excluding hydrogens is 180 g/mol. The van der Waals surface area contributed by atoms with Crippen molar-refractivity contribution >= 4 is 5.69 Å². The van der Waals surface area contributed by atoms with Crippen LogP contribution in [0, 0.1) is 0 Å². The molecule has 70 valence electrons. The minimum atomic E-state index is 0.268. The zero-order valence-corrected chi connectivity index (χ0v) is 7.29. The molecule has 2 aromatic rings. The lowest BCUT2D eigenvalue weighted by molar-refractivity contribution is 0.439. The molecule has 5 nitrogen and oxygen atoms in total. The van der Waals surface area contributed by atoms with E-state index in [1.807, 2.05) is 0 Å². The molecule has 0 saturated heterocycles. The Bertz CT molecular complexity index is 401. The highest BCUT2D eigenvalue weighted by molar-refractivity contribution is 5.42. The van der Waals surface area contributed by atoms with Crippen LogP contribution in [-0.4, -0.2) is 15.0 Å². The summed E-state index contributed by atoms with van der Waals surface area (Å²) in [6, 6.07) is 7.26. The van der Waals surface area contributed by atoms with Gasteiger partial charge in [-0.2, -0.15) is 9.97 Å². The van der Waals surface area contributed by atoms with Crippen LogP contribution in [-0.2, 0) is 0 Å². The highest BCUT2D eigenvalue weighted by atomic mass is 16.5. The van der Waals surface area contributed by atoms with Crippen molar-refractivity contribution in [2.75, 3.05) is 5.73 Å². The fourth-order valence-electron chi connectivity index (χ4n) is 0.923. The van der Waals surface area contributed by atoms with E-state index in [-0.39, 0.29) is 6.01 Å². The SMILES string of the molecule is Nc1ccc(Oc2ncncn2)cc1. The number of nitrogen functional groups attached to an aromatic ring is 1. The van der Waals surface area contributed by atoms with Gasteiger partial charge in [0, 0.05) is 5.69 Å². The van der Waals surface area contributed by atoms with Gasteiger partial charge < -0.3 is 10.5 Å². The van der Waals surface area contributed by atoms with E-state index < -0.39 is 0 Å². The molecule has 1 heterocycles. The van der Waals surface area contributed by atoms with E-state index >= 15 is 0 Å². The van der Waals surface area contributed by atoms with Gasteiger partial charge in [0.2, 0.25) is 0 Å². The lowest BCUT2D eigenvalue weighted by Gasteiger charge is -2.02. The molecule has 2 N–H and O–H groups in total. The van der Waals surface area contributed by atoms with Gasteiger partial charge in [0.25, 0.3) is 0 Å². The van der Waals surface area contributed by atoms with E-state index in [9.17, 15) is 0 Å². The van der Waals surface area contributed by atoms with Gasteiger partial charge in [-0.05, 0) is 24.3 Å². The molecule has 1 aromatic heterocycles. The monoisotopic (exact) mass is 188 g/mol. The Hall–Kier alpha value is -2.17. The summed E-state index contributed by atoms with van der Waals surface area (Å²) in [4.78, 5) is 11.3. The first-order chi connectivity index (χ1) is 6.84. The summed E-state index contributed by atoms with van der Waals surface area (Å²) in [5.41, 5.74) is 6.21. The number of hydrogen-bond acceptors (Lipinski definition) is 5. The summed E-state index contributed by atoms with van der Waals surface area (Å²) in [5.74, 6) is 0.644. The van der Waals surface area contributed by atoms with Crippen molar-refractivity contribution in [3.8, 4) is 11.8 Å². The van der Waals surface area contributed by atoms with Gasteiger partial charge in [0.1, 0.15) is 18.4 Å². The number of aromatic nitrogens is 3. The molecule has 0 aliphatic heterocycles. The summed E-state index contributed by atoms with van der Waals surface area (Å²) >= 11 is 0. The molecule has 0 spiro atoms. The lowest BCUT2D eigenvalue weighted by atomic mass is 10.3. The highest BCUT2D eigenvalue weighted by Crippen LogP contribution is 2.17. The molecule has 14 heavy (non-hydrogen) atoms. The molecule has 0 aliphatic carbocycles. The van der Waals surface area contributed by atoms with Crippen LogP contribution in [0.4, 0.5) is 5.69 Å². The second-order valence-electron chi connectivity index (χ2n) is 2.59. The quantitative estimate of drug-likeness (QED) is 0.718. The average Bonchev–Trinajstić information content (AvgIpc) is 2.23. The number of hydrogen-bond donors (Lipinski definition) is 1. The number of rotatable bonds is 2. The Morgan fingerprint density at radius 2 is 1.64 bits per heavy atom. The average molecular weight is 188 g/mol. The van der Waals surface area contributed by atoms with Crippen LogP contribution in [0.2, 0.25) is 0 Å². The normalized spacial score (nSPS) is 9.71. The maximum atomic E-state index is 5.52. The van der Waals surface area contributed by atoms with Crippen molar-refractivity contribution < 1.29 is 4.74 Å². The molecule has 5 heteroatoms. The second kappa shape index (κ2) is 3.69. The first-order valence-corrected chi connectivity index (χ1v) is 4.00. The van der Waals surface area contributed by atoms with Crippen LogP contribution in [0.25, 0.3) is 0 Å². The van der Waals surface area contributed by atoms with E-state index in [1.54, 1.807) is 24.3 Å². The molecule has 2 rings (SSSR count). The summed E-state index contributed by atoms with van der Waals surface area (Å²) in [6.45, 7) is 0. The molecule has 0 fully saturated rings. The smallest absolute Gasteiger partial charge is 0.324 e. The molecule has 1 aromatic carbocycles. The van der Waals surface area contributed by atoms with E-state index in [4.69, 9.17) is 10.5 Å². The second-order valence-corrected chi connectivity index (χ2v) is 2.59. The van der Waals surface area contributed by atoms with Crippen LogP contribution >= 0.6 is 0 Å². The lowest BCUT2D eigenvalue weighted by Crippen LogP contribution is -1.91. The summed E-state index contributed by atoms with van der Waals surface area (Å²) in [5, 5.41) is 0. The number of nitrogens with zero attached hydrogens (tertiary/aromatic N) is 3. The van der Waals surface area contributed by atoms with Gasteiger partial charge in [-0.1, -0.05) is 0 Å². The van der Waals surface area contributed by atoms with Gasteiger partial charge in [0.05, 0.1) is 0 Å². The first kappa shape index (κ1) is 8.43. The minimum Gasteiger partial charge on any atom is -0.424 e. The molecule has 0 unspecified atom stereocenters. The maximum Gasteiger partial charge on any atom is 0.324 e. The summed E-state index contributed by atoms with van der Waals surface area (Å²) in [6.07, 6.45) is 2.75. The molecular formula is C9H8N4O. The predicted octanol–water partition coefficient (Wildman–Crippen LogP) is 1.25. The van der Waals surface area contributed by atoms with Crippen LogP contribution < -0.4 is 10.5 Å². The fraction of sp³-hybridized carbons (Fsp3) is 0. The van der Waals surface area contributed by atoms with Gasteiger partial charge in [-0.15, -0.1) is 0 Å². The van der Waals surface area contributed by atoms with E-state index in [0.29, 0.717) is 11.4 Å². The topological polar surface area (TPSA) is 73.9 Å². The first-order valence-electron chi connectivity index (χ1n) is 4.00. The summed E-state index contributed by atoms with van der Waals surface area (Å²) in [7, 11) is 0. The van der Waals surface area contributed by atoms with Crippen LogP contribution in [0.3, 0.4) is 0 Å². The van der Waals surface area contributed by atoms with Crippen LogP contribution in [0.5, 0.6) is 11.8 Å². The Morgan fingerprint density at radius 1 is 1.00 bits per heavy atom. The largest absolute Gasteiger partial charge is 0.424 e.